The quantitative estimate of drug-likeness (QED) is 0.818. The van der Waals surface area contributed by atoms with Gasteiger partial charge in [0.1, 0.15) is 5.82 Å². The Morgan fingerprint density at radius 3 is 2.62 bits per heavy atom. The van der Waals surface area contributed by atoms with Gasteiger partial charge in [-0.05, 0) is 30.2 Å². The van der Waals surface area contributed by atoms with Gasteiger partial charge in [0.25, 0.3) is 0 Å². The lowest BCUT2D eigenvalue weighted by Crippen LogP contribution is -2.37. The van der Waals surface area contributed by atoms with Crippen LogP contribution >= 0.6 is 11.8 Å². The molecule has 0 bridgehead atoms. The number of carbonyl (C=O) groups excluding carboxylic acids is 1. The summed E-state index contributed by atoms with van der Waals surface area (Å²) in [6, 6.07) is 5.56. The van der Waals surface area contributed by atoms with E-state index >= 15 is 0 Å². The molecule has 2 heterocycles. The van der Waals surface area contributed by atoms with Crippen molar-refractivity contribution >= 4 is 38.4 Å². The van der Waals surface area contributed by atoms with Crippen LogP contribution in [0.2, 0.25) is 0 Å². The number of hydrogen-bond donors (Lipinski definition) is 0. The van der Waals surface area contributed by atoms with Crippen molar-refractivity contribution in [3.63, 3.8) is 0 Å². The molecule has 0 saturated carbocycles. The van der Waals surface area contributed by atoms with Crippen molar-refractivity contribution in [1.82, 2.24) is 0 Å². The number of halogens is 1. The standard InChI is InChI=1S/C16H19FN2O3S2/c1-10(2)7-15(20)18-16-19(12-5-3-11(17)4-6-12)13-8-24(21,22)9-14(13)23-16/h3-6,10,13-14H,7-9H2,1-2H3/t13-,14-/m1/s1. The zero-order valence-electron chi connectivity index (χ0n) is 13.5. The molecule has 0 unspecified atom stereocenters. The van der Waals surface area contributed by atoms with Gasteiger partial charge in [-0.25, -0.2) is 12.8 Å². The number of anilines is 1. The van der Waals surface area contributed by atoms with E-state index in [0.717, 1.165) is 0 Å². The Bertz CT molecular complexity index is 775. The van der Waals surface area contributed by atoms with E-state index in [1.165, 1.54) is 23.9 Å². The molecule has 0 aromatic heterocycles. The molecule has 0 spiro atoms. The van der Waals surface area contributed by atoms with Gasteiger partial charge in [-0.3, -0.25) is 4.79 Å². The van der Waals surface area contributed by atoms with Gasteiger partial charge in [-0.15, -0.1) is 0 Å². The van der Waals surface area contributed by atoms with Gasteiger partial charge in [-0.1, -0.05) is 25.6 Å². The highest BCUT2D eigenvalue weighted by molar-refractivity contribution is 8.16. The van der Waals surface area contributed by atoms with Crippen molar-refractivity contribution in [2.45, 2.75) is 31.6 Å². The van der Waals surface area contributed by atoms with Crippen molar-refractivity contribution < 1.29 is 17.6 Å². The number of sulfone groups is 1. The first-order chi connectivity index (χ1) is 11.2. The normalized spacial score (nSPS) is 27.0. The molecule has 2 saturated heterocycles. The molecule has 2 fully saturated rings. The minimum Gasteiger partial charge on any atom is -0.316 e. The lowest BCUT2D eigenvalue weighted by molar-refractivity contribution is -0.118. The summed E-state index contributed by atoms with van der Waals surface area (Å²) in [6.07, 6.45) is 0.342. The van der Waals surface area contributed by atoms with E-state index in [1.807, 2.05) is 13.8 Å². The first kappa shape index (κ1) is 17.4. The molecule has 0 aliphatic carbocycles. The van der Waals surface area contributed by atoms with Gasteiger partial charge in [0.05, 0.1) is 17.5 Å². The molecule has 1 amide bonds. The van der Waals surface area contributed by atoms with Crippen LogP contribution in [0.3, 0.4) is 0 Å². The Morgan fingerprint density at radius 2 is 2.00 bits per heavy atom. The molecule has 5 nitrogen and oxygen atoms in total. The largest absolute Gasteiger partial charge is 0.316 e. The third kappa shape index (κ3) is 3.64. The molecule has 2 atom stereocenters. The Labute approximate surface area is 145 Å². The maximum absolute atomic E-state index is 13.2. The maximum atomic E-state index is 13.2. The van der Waals surface area contributed by atoms with Crippen molar-refractivity contribution in [3.8, 4) is 0 Å². The second-order valence-electron chi connectivity index (χ2n) is 6.53. The van der Waals surface area contributed by atoms with Gasteiger partial charge in [0.2, 0.25) is 5.91 Å². The van der Waals surface area contributed by atoms with Gasteiger partial charge < -0.3 is 4.90 Å². The molecule has 2 aliphatic heterocycles. The van der Waals surface area contributed by atoms with Crippen LogP contribution in [0.15, 0.2) is 29.3 Å². The number of benzene rings is 1. The van der Waals surface area contributed by atoms with Crippen LogP contribution < -0.4 is 4.90 Å². The highest BCUT2D eigenvalue weighted by Gasteiger charge is 2.49. The van der Waals surface area contributed by atoms with E-state index in [1.54, 1.807) is 17.0 Å². The number of fused-ring (bicyclic) bond motifs is 1. The average Bonchev–Trinajstić information content (AvgIpc) is 2.90. The number of rotatable bonds is 3. The highest BCUT2D eigenvalue weighted by atomic mass is 32.2. The summed E-state index contributed by atoms with van der Waals surface area (Å²) in [6.45, 7) is 3.89. The number of hydrogen-bond acceptors (Lipinski definition) is 4. The SMILES string of the molecule is CC(C)CC(=O)N=C1S[C@@H]2CS(=O)(=O)C[C@H]2N1c1ccc(F)cc1. The number of amides is 1. The third-order valence-corrected chi connectivity index (χ3v) is 7.18. The van der Waals surface area contributed by atoms with E-state index in [0.29, 0.717) is 17.3 Å². The predicted molar refractivity (Wildman–Crippen MR) is 94.6 cm³/mol. The molecule has 0 radical (unpaired) electrons. The summed E-state index contributed by atoms with van der Waals surface area (Å²) in [5.41, 5.74) is 0.657. The van der Waals surface area contributed by atoms with E-state index in [9.17, 15) is 17.6 Å². The smallest absolute Gasteiger partial charge is 0.248 e. The van der Waals surface area contributed by atoms with E-state index < -0.39 is 9.84 Å². The van der Waals surface area contributed by atoms with Gasteiger partial charge in [0.15, 0.2) is 15.0 Å². The van der Waals surface area contributed by atoms with Crippen molar-refractivity contribution in [1.29, 1.82) is 0 Å². The van der Waals surface area contributed by atoms with Gasteiger partial charge in [-0.2, -0.15) is 4.99 Å². The summed E-state index contributed by atoms with van der Waals surface area (Å²) >= 11 is 1.33. The summed E-state index contributed by atoms with van der Waals surface area (Å²) in [5.74, 6) is -0.276. The zero-order valence-corrected chi connectivity index (χ0v) is 15.1. The van der Waals surface area contributed by atoms with Crippen LogP contribution in [-0.4, -0.2) is 42.3 Å². The topological polar surface area (TPSA) is 66.8 Å². The molecule has 24 heavy (non-hydrogen) atoms. The summed E-state index contributed by atoms with van der Waals surface area (Å²) < 4.78 is 37.1. The molecular weight excluding hydrogens is 351 g/mol. The van der Waals surface area contributed by atoms with Crippen molar-refractivity contribution in [3.05, 3.63) is 30.1 Å². The van der Waals surface area contributed by atoms with E-state index in [-0.39, 0.29) is 40.4 Å². The molecule has 1 aromatic rings. The molecule has 2 aliphatic rings. The fourth-order valence-electron chi connectivity index (χ4n) is 2.97. The zero-order chi connectivity index (χ0) is 17.5. The van der Waals surface area contributed by atoms with E-state index in [2.05, 4.69) is 4.99 Å². The Balaban J connectivity index is 1.95. The number of amidine groups is 1. The van der Waals surface area contributed by atoms with Crippen LogP contribution in [0.1, 0.15) is 20.3 Å². The lowest BCUT2D eigenvalue weighted by Gasteiger charge is -2.24. The van der Waals surface area contributed by atoms with Crippen molar-refractivity contribution in [2.75, 3.05) is 16.4 Å². The lowest BCUT2D eigenvalue weighted by atomic mass is 10.1. The van der Waals surface area contributed by atoms with E-state index in [4.69, 9.17) is 0 Å². The fraction of sp³-hybridized carbons (Fsp3) is 0.500. The number of nitrogens with zero attached hydrogens (tertiary/aromatic N) is 2. The maximum Gasteiger partial charge on any atom is 0.248 e. The van der Waals surface area contributed by atoms with Crippen LogP contribution in [0.4, 0.5) is 10.1 Å². The molecule has 8 heteroatoms. The Hall–Kier alpha value is -1.41. The first-order valence-corrected chi connectivity index (χ1v) is 10.5. The fourth-order valence-corrected chi connectivity index (χ4v) is 6.90. The Morgan fingerprint density at radius 1 is 1.33 bits per heavy atom. The van der Waals surface area contributed by atoms with Gasteiger partial charge in [0, 0.05) is 17.4 Å². The summed E-state index contributed by atoms with van der Waals surface area (Å²) in [5, 5.41) is 0.364. The van der Waals surface area contributed by atoms with Crippen LogP contribution in [0.25, 0.3) is 0 Å². The number of thioether (sulfide) groups is 1. The monoisotopic (exact) mass is 370 g/mol. The average molecular weight is 370 g/mol. The summed E-state index contributed by atoms with van der Waals surface area (Å²) in [7, 11) is -3.10. The second kappa shape index (κ2) is 6.48. The Kier molecular flexibility index (Phi) is 4.70. The van der Waals surface area contributed by atoms with Crippen molar-refractivity contribution in [2.24, 2.45) is 10.9 Å². The molecule has 130 valence electrons. The number of carbonyl (C=O) groups is 1. The predicted octanol–water partition coefficient (Wildman–Crippen LogP) is 2.47. The first-order valence-electron chi connectivity index (χ1n) is 7.78. The minimum absolute atomic E-state index is 0.0272. The van der Waals surface area contributed by atoms with Crippen LogP contribution in [0.5, 0.6) is 0 Å². The molecular formula is C16H19FN2O3S2. The molecule has 1 aromatic carbocycles. The minimum atomic E-state index is -3.10. The summed E-state index contributed by atoms with van der Waals surface area (Å²) in [4.78, 5) is 18.1. The number of aliphatic imine (C=N–C) groups is 1. The molecule has 3 rings (SSSR count). The van der Waals surface area contributed by atoms with Crippen LogP contribution in [0, 0.1) is 11.7 Å². The highest BCUT2D eigenvalue weighted by Crippen LogP contribution is 2.41. The van der Waals surface area contributed by atoms with Crippen LogP contribution in [-0.2, 0) is 14.6 Å². The third-order valence-electron chi connectivity index (χ3n) is 3.97. The molecule has 0 N–H and O–H groups in total. The second-order valence-corrected chi connectivity index (χ2v) is 9.89. The van der Waals surface area contributed by atoms with Gasteiger partial charge >= 0.3 is 0 Å².